The number of aromatic nitrogens is 4. The summed E-state index contributed by atoms with van der Waals surface area (Å²) in [6.07, 6.45) is 1.87. The summed E-state index contributed by atoms with van der Waals surface area (Å²) >= 11 is 0. The van der Waals surface area contributed by atoms with E-state index in [4.69, 9.17) is 5.10 Å². The van der Waals surface area contributed by atoms with Gasteiger partial charge in [-0.1, -0.05) is 36.4 Å². The van der Waals surface area contributed by atoms with Crippen molar-refractivity contribution in [2.75, 3.05) is 49.1 Å². The van der Waals surface area contributed by atoms with Crippen LogP contribution in [-0.4, -0.2) is 70.1 Å². The highest BCUT2D eigenvalue weighted by Gasteiger charge is 2.33. The van der Waals surface area contributed by atoms with Gasteiger partial charge >= 0.3 is 0 Å². The highest BCUT2D eigenvalue weighted by molar-refractivity contribution is 5.92. The van der Waals surface area contributed by atoms with Gasteiger partial charge in [-0.2, -0.15) is 10.2 Å². The molecule has 0 N–H and O–H groups in total. The fraction of sp³-hybridized carbons (Fsp3) is 0.379. The number of carbonyl (C=O) groups is 1. The molecule has 190 valence electrons. The van der Waals surface area contributed by atoms with Gasteiger partial charge in [0, 0.05) is 45.0 Å². The molecule has 4 aromatic rings. The molecule has 8 heteroatoms. The molecule has 37 heavy (non-hydrogen) atoms. The zero-order valence-electron chi connectivity index (χ0n) is 21.5. The molecule has 8 nitrogen and oxygen atoms in total. The lowest BCUT2D eigenvalue weighted by atomic mass is 9.96. The van der Waals surface area contributed by atoms with Gasteiger partial charge in [-0.05, 0) is 51.0 Å². The number of piperazine rings is 1. The first-order valence-corrected chi connectivity index (χ1v) is 13.2. The molecule has 0 bridgehead atoms. The van der Waals surface area contributed by atoms with Gasteiger partial charge in [-0.3, -0.25) is 4.79 Å². The second kappa shape index (κ2) is 9.84. The van der Waals surface area contributed by atoms with Crippen molar-refractivity contribution in [1.82, 2.24) is 24.9 Å². The summed E-state index contributed by atoms with van der Waals surface area (Å²) in [7, 11) is 0. The molecule has 6 rings (SSSR count). The maximum atomic E-state index is 13.6. The predicted molar refractivity (Wildman–Crippen MR) is 146 cm³/mol. The van der Waals surface area contributed by atoms with E-state index < -0.39 is 0 Å². The maximum absolute atomic E-state index is 13.6. The number of nitrogens with zero attached hydrogens (tertiary/aromatic N) is 7. The van der Waals surface area contributed by atoms with Crippen LogP contribution in [0.15, 0.2) is 60.7 Å². The predicted octanol–water partition coefficient (Wildman–Crippen LogP) is 4.00. The monoisotopic (exact) mass is 495 g/mol. The van der Waals surface area contributed by atoms with Crippen LogP contribution in [0.4, 0.5) is 11.5 Å². The third kappa shape index (κ3) is 4.41. The number of aryl methyl sites for hydroxylation is 2. The molecule has 2 saturated heterocycles. The van der Waals surface area contributed by atoms with Gasteiger partial charge in [0.05, 0.1) is 28.4 Å². The van der Waals surface area contributed by atoms with Crippen molar-refractivity contribution in [3.05, 3.63) is 72.1 Å². The van der Waals surface area contributed by atoms with E-state index >= 15 is 0 Å². The van der Waals surface area contributed by atoms with Gasteiger partial charge in [-0.25, -0.2) is 4.68 Å². The molecule has 4 heterocycles. The van der Waals surface area contributed by atoms with Gasteiger partial charge in [0.15, 0.2) is 5.82 Å². The third-order valence-corrected chi connectivity index (χ3v) is 7.77. The Labute approximate surface area is 217 Å². The van der Waals surface area contributed by atoms with Crippen molar-refractivity contribution in [2.24, 2.45) is 5.92 Å². The van der Waals surface area contributed by atoms with Crippen LogP contribution in [0.5, 0.6) is 0 Å². The minimum Gasteiger partial charge on any atom is -0.368 e. The second-order valence-corrected chi connectivity index (χ2v) is 10.1. The zero-order chi connectivity index (χ0) is 25.4. The summed E-state index contributed by atoms with van der Waals surface area (Å²) in [5, 5.41) is 15.1. The smallest absolute Gasteiger partial charge is 0.227 e. The minimum atomic E-state index is -0.0347. The van der Waals surface area contributed by atoms with E-state index in [9.17, 15) is 4.79 Å². The van der Waals surface area contributed by atoms with Crippen molar-refractivity contribution in [2.45, 2.75) is 26.7 Å². The molecule has 0 spiro atoms. The third-order valence-electron chi connectivity index (χ3n) is 7.77. The number of piperidine rings is 1. The van der Waals surface area contributed by atoms with Crippen LogP contribution < -0.4 is 9.80 Å². The topological polar surface area (TPSA) is 70.4 Å². The molecule has 1 atom stereocenters. The molecule has 0 saturated carbocycles. The second-order valence-electron chi connectivity index (χ2n) is 10.1. The molecule has 0 aliphatic carbocycles. The first-order chi connectivity index (χ1) is 18.1. The van der Waals surface area contributed by atoms with Gasteiger partial charge in [0.2, 0.25) is 5.91 Å². The highest BCUT2D eigenvalue weighted by atomic mass is 16.2. The largest absolute Gasteiger partial charge is 0.368 e. The van der Waals surface area contributed by atoms with Crippen molar-refractivity contribution in [1.29, 1.82) is 0 Å². The SMILES string of the molecule is Cc1nnc(N2CCC[C@@H](C(=O)N3CCN(c4ccccc4)CC3)C2)c2nn(-c3ccccc3)c(C)c12. The van der Waals surface area contributed by atoms with Crippen molar-refractivity contribution in [3.8, 4) is 5.69 Å². The van der Waals surface area contributed by atoms with Crippen LogP contribution in [0.2, 0.25) is 0 Å². The summed E-state index contributed by atoms with van der Waals surface area (Å²) in [6.45, 7) is 8.84. The average molecular weight is 496 g/mol. The standard InChI is InChI=1S/C29H33N7O/c1-21-26-22(2)36(25-13-7-4-8-14-25)32-27(26)28(31-30-21)35-15-9-10-23(20-35)29(37)34-18-16-33(17-19-34)24-11-5-3-6-12-24/h3-8,11-14,23H,9-10,15-20H2,1-2H3/t23-/m1/s1. The lowest BCUT2D eigenvalue weighted by Crippen LogP contribution is -2.52. The Morgan fingerprint density at radius 2 is 1.49 bits per heavy atom. The van der Waals surface area contributed by atoms with Crippen LogP contribution in [0.25, 0.3) is 16.6 Å². The van der Waals surface area contributed by atoms with Crippen LogP contribution in [0.3, 0.4) is 0 Å². The first kappa shape index (κ1) is 23.5. The molecule has 1 amide bonds. The average Bonchev–Trinajstić information content (AvgIpc) is 3.32. The van der Waals surface area contributed by atoms with E-state index in [-0.39, 0.29) is 11.8 Å². The molecule has 0 unspecified atom stereocenters. The maximum Gasteiger partial charge on any atom is 0.227 e. The lowest BCUT2D eigenvalue weighted by molar-refractivity contribution is -0.136. The fourth-order valence-corrected chi connectivity index (χ4v) is 5.80. The normalized spacial score (nSPS) is 18.4. The van der Waals surface area contributed by atoms with Crippen molar-refractivity contribution < 1.29 is 4.79 Å². The molecular weight excluding hydrogens is 462 g/mol. The van der Waals surface area contributed by atoms with E-state index in [1.54, 1.807) is 0 Å². The van der Waals surface area contributed by atoms with Crippen LogP contribution >= 0.6 is 0 Å². The highest BCUT2D eigenvalue weighted by Crippen LogP contribution is 2.32. The molecular formula is C29H33N7O. The van der Waals surface area contributed by atoms with E-state index in [0.717, 1.165) is 79.4 Å². The Morgan fingerprint density at radius 3 is 2.19 bits per heavy atom. The summed E-state index contributed by atoms with van der Waals surface area (Å²) in [4.78, 5) is 20.2. The van der Waals surface area contributed by atoms with Crippen LogP contribution in [-0.2, 0) is 4.79 Å². The lowest BCUT2D eigenvalue weighted by Gasteiger charge is -2.40. The Kier molecular flexibility index (Phi) is 6.24. The number of carbonyl (C=O) groups excluding carboxylic acids is 1. The van der Waals surface area contributed by atoms with E-state index in [0.29, 0.717) is 6.54 Å². The van der Waals surface area contributed by atoms with Gasteiger partial charge in [0.1, 0.15) is 5.52 Å². The van der Waals surface area contributed by atoms with Gasteiger partial charge < -0.3 is 14.7 Å². The number of hydrogen-bond acceptors (Lipinski definition) is 6. The van der Waals surface area contributed by atoms with E-state index in [1.165, 1.54) is 5.69 Å². The Hall–Kier alpha value is -3.94. The zero-order valence-corrected chi connectivity index (χ0v) is 21.5. The number of amides is 1. The Balaban J connectivity index is 1.21. The molecule has 2 aromatic heterocycles. The quantitative estimate of drug-likeness (QED) is 0.426. The molecule has 2 aliphatic heterocycles. The number of para-hydroxylation sites is 2. The number of anilines is 2. The number of fused-ring (bicyclic) bond motifs is 1. The Bertz CT molecular complexity index is 1390. The van der Waals surface area contributed by atoms with Crippen molar-refractivity contribution >= 4 is 28.3 Å². The number of benzene rings is 2. The fourth-order valence-electron chi connectivity index (χ4n) is 5.80. The summed E-state index contributed by atoms with van der Waals surface area (Å²) in [5.74, 6) is 1.01. The molecule has 2 aliphatic rings. The van der Waals surface area contributed by atoms with Gasteiger partial charge in [-0.15, -0.1) is 5.10 Å². The minimum absolute atomic E-state index is 0.0347. The Morgan fingerprint density at radius 1 is 0.811 bits per heavy atom. The summed E-state index contributed by atoms with van der Waals surface area (Å²) < 4.78 is 1.98. The molecule has 2 aromatic carbocycles. The number of rotatable bonds is 4. The van der Waals surface area contributed by atoms with E-state index in [1.807, 2.05) is 35.9 Å². The first-order valence-electron chi connectivity index (χ1n) is 13.2. The van der Waals surface area contributed by atoms with Gasteiger partial charge in [0.25, 0.3) is 0 Å². The summed E-state index contributed by atoms with van der Waals surface area (Å²) in [6, 6.07) is 20.6. The van der Waals surface area contributed by atoms with E-state index in [2.05, 4.69) is 68.2 Å². The number of hydrogen-bond donors (Lipinski definition) is 0. The van der Waals surface area contributed by atoms with Crippen LogP contribution in [0.1, 0.15) is 24.2 Å². The van der Waals surface area contributed by atoms with Crippen LogP contribution in [0, 0.1) is 19.8 Å². The van der Waals surface area contributed by atoms with Crippen molar-refractivity contribution in [3.63, 3.8) is 0 Å². The summed E-state index contributed by atoms with van der Waals surface area (Å²) in [5.41, 5.74) is 5.03. The molecule has 2 fully saturated rings. The molecule has 0 radical (unpaired) electrons.